The molecule has 0 aliphatic carbocycles. The molecule has 6 heteroatoms. The second kappa shape index (κ2) is 5.03. The van der Waals surface area contributed by atoms with E-state index in [1.165, 1.54) is 18.5 Å². The van der Waals surface area contributed by atoms with Crippen molar-refractivity contribution in [3.8, 4) is 0 Å². The lowest BCUT2D eigenvalue weighted by molar-refractivity contribution is 0.299. The summed E-state index contributed by atoms with van der Waals surface area (Å²) in [5, 5.41) is 11.5. The lowest BCUT2D eigenvalue weighted by Gasteiger charge is -2.44. The molecule has 1 rings (SSSR count). The first-order valence-corrected chi connectivity index (χ1v) is 8.52. The van der Waals surface area contributed by atoms with E-state index in [9.17, 15) is 0 Å². The van der Waals surface area contributed by atoms with E-state index in [0.717, 1.165) is 4.55 Å². The third-order valence-corrected chi connectivity index (χ3v) is 7.35. The topological polar surface area (TPSA) is 30.5 Å². The van der Waals surface area contributed by atoms with Gasteiger partial charge in [0, 0.05) is 21.1 Å². The number of rotatable bonds is 5. The Hall–Kier alpha value is 0.787. The number of hydrogen-bond donors (Lipinski definition) is 2. The first kappa shape index (κ1) is 11.9. The Labute approximate surface area is 95.3 Å². The Morgan fingerprint density at radius 3 is 2.15 bits per heavy atom. The predicted molar refractivity (Wildman–Crippen MR) is 66.6 cm³/mol. The van der Waals surface area contributed by atoms with Crippen LogP contribution in [0.1, 0.15) is 6.42 Å². The number of halogens is 1. The maximum absolute atomic E-state index is 3.62. The normalized spacial score (nSPS) is 20.8. The number of alkyl halides is 1. The molecule has 0 aromatic carbocycles. The summed E-state index contributed by atoms with van der Waals surface area (Å²) in [6.07, 6.45) is 1.37. The summed E-state index contributed by atoms with van der Waals surface area (Å²) in [5.74, 6) is 0. The van der Waals surface area contributed by atoms with E-state index >= 15 is 0 Å². The van der Waals surface area contributed by atoms with Crippen molar-refractivity contribution < 1.29 is 0 Å². The quantitative estimate of drug-likeness (QED) is 0.257. The van der Waals surface area contributed by atoms with Gasteiger partial charge >= 0.3 is 0 Å². The van der Waals surface area contributed by atoms with Crippen molar-refractivity contribution in [3.05, 3.63) is 0 Å². The minimum Gasteiger partial charge on any atom is -0.261 e. The number of nitrogens with zero attached hydrogens (tertiary/aromatic N) is 2. The van der Waals surface area contributed by atoms with E-state index < -0.39 is 8.40 Å². The van der Waals surface area contributed by atoms with Gasteiger partial charge in [-0.15, -0.1) is 0 Å². The molecule has 0 aromatic heterocycles. The van der Waals surface area contributed by atoms with Crippen LogP contribution in [0.25, 0.3) is 0 Å². The van der Waals surface area contributed by atoms with Gasteiger partial charge in [0.05, 0.1) is 4.55 Å². The molecule has 4 nitrogen and oxygen atoms in total. The maximum atomic E-state index is 3.62. The third kappa shape index (κ3) is 3.44. The highest BCUT2D eigenvalue weighted by Crippen LogP contribution is 2.27. The monoisotopic (exact) mass is 314 g/mol. The van der Waals surface area contributed by atoms with Gasteiger partial charge in [-0.05, 0) is 12.1 Å². The van der Waals surface area contributed by atoms with Crippen LogP contribution in [-0.4, -0.2) is 44.1 Å². The molecule has 0 radical (unpaired) electrons. The maximum Gasteiger partial charge on any atom is 0.228 e. The molecule has 13 heavy (non-hydrogen) atoms. The summed E-state index contributed by atoms with van der Waals surface area (Å²) in [5.41, 5.74) is 0. The van der Waals surface area contributed by atoms with Gasteiger partial charge in [0.1, 0.15) is 0 Å². The smallest absolute Gasteiger partial charge is 0.228 e. The van der Waals surface area contributed by atoms with Crippen LogP contribution in [0.15, 0.2) is 0 Å². The first-order chi connectivity index (χ1) is 6.08. The van der Waals surface area contributed by atoms with Crippen LogP contribution in [0, 0.1) is 0 Å². The molecule has 0 bridgehead atoms. The van der Waals surface area contributed by atoms with E-state index in [4.69, 9.17) is 0 Å². The van der Waals surface area contributed by atoms with Gasteiger partial charge < -0.3 is 0 Å². The highest BCUT2D eigenvalue weighted by molar-refractivity contribution is 14.1. The Morgan fingerprint density at radius 1 is 1.23 bits per heavy atom. The van der Waals surface area contributed by atoms with Crippen LogP contribution in [0.5, 0.6) is 0 Å². The van der Waals surface area contributed by atoms with Gasteiger partial charge in [-0.2, -0.15) is 0 Å². The van der Waals surface area contributed by atoms with Crippen molar-refractivity contribution in [1.82, 2.24) is 20.2 Å². The van der Waals surface area contributed by atoms with Crippen molar-refractivity contribution >= 4 is 31.0 Å². The van der Waals surface area contributed by atoms with Gasteiger partial charge in [0.2, 0.25) is 8.40 Å². The minimum atomic E-state index is -1.34. The lowest BCUT2D eigenvalue weighted by Crippen LogP contribution is -2.72. The van der Waals surface area contributed by atoms with Crippen molar-refractivity contribution in [2.24, 2.45) is 0 Å². The Kier molecular flexibility index (Phi) is 4.59. The Bertz CT molecular complexity index is 163. The van der Waals surface area contributed by atoms with E-state index in [-0.39, 0.29) is 0 Å². The molecular weight excluding hydrogens is 295 g/mol. The number of hydrazine groups is 2. The average Bonchev–Trinajstić information content (AvgIpc) is 1.99. The zero-order valence-corrected chi connectivity index (χ0v) is 11.8. The highest BCUT2D eigenvalue weighted by atomic mass is 127. The Balaban J connectivity index is 2.40. The number of hydrogen-bond acceptors (Lipinski definition) is 4. The molecule has 2 N–H and O–H groups in total. The zero-order chi connectivity index (χ0) is 9.90. The molecule has 1 aliphatic heterocycles. The van der Waals surface area contributed by atoms with Crippen LogP contribution >= 0.6 is 22.6 Å². The van der Waals surface area contributed by atoms with Gasteiger partial charge in [0.15, 0.2) is 0 Å². The van der Waals surface area contributed by atoms with Crippen molar-refractivity contribution in [2.45, 2.75) is 18.5 Å². The fourth-order valence-electron chi connectivity index (χ4n) is 1.60. The summed E-state index contributed by atoms with van der Waals surface area (Å²) in [6.45, 7) is 0. The summed E-state index contributed by atoms with van der Waals surface area (Å²) in [6, 6.07) is 2.68. The molecule has 0 aromatic rings. The molecule has 1 fully saturated rings. The molecule has 0 atom stereocenters. The van der Waals surface area contributed by atoms with E-state index in [1.807, 2.05) is 0 Å². The van der Waals surface area contributed by atoms with Crippen LogP contribution in [-0.2, 0) is 0 Å². The van der Waals surface area contributed by atoms with Crippen LogP contribution < -0.4 is 10.2 Å². The van der Waals surface area contributed by atoms with Crippen LogP contribution in [0.4, 0.5) is 0 Å². The molecular formula is C7H19IN4Si. The SMILES string of the molecule is CN(C)N[Si]1(NN(C)CI)CCC1. The van der Waals surface area contributed by atoms with Crippen molar-refractivity contribution in [1.29, 1.82) is 0 Å². The lowest BCUT2D eigenvalue weighted by atomic mass is 10.5. The predicted octanol–water partition coefficient (Wildman–Crippen LogP) is 0.727. The van der Waals surface area contributed by atoms with Crippen molar-refractivity contribution in [3.63, 3.8) is 0 Å². The standard InChI is InChI=1S/C7H19IN4Si/c1-11(2)9-13(5-4-6-13)10-12(3)7-8/h9-10H,4-7H2,1-3H3. The van der Waals surface area contributed by atoms with Crippen LogP contribution in [0.3, 0.4) is 0 Å². The molecule has 0 unspecified atom stereocenters. The van der Waals surface area contributed by atoms with Gasteiger partial charge in [-0.1, -0.05) is 29.0 Å². The fourth-order valence-corrected chi connectivity index (χ4v) is 5.32. The van der Waals surface area contributed by atoms with E-state index in [1.54, 1.807) is 0 Å². The molecule has 1 saturated heterocycles. The minimum absolute atomic E-state index is 1.03. The largest absolute Gasteiger partial charge is 0.261 e. The third-order valence-electron chi connectivity index (χ3n) is 2.23. The van der Waals surface area contributed by atoms with Crippen molar-refractivity contribution in [2.75, 3.05) is 25.7 Å². The number of nitrogens with one attached hydrogen (secondary N) is 2. The van der Waals surface area contributed by atoms with Gasteiger partial charge in [-0.3, -0.25) is 15.2 Å². The second-order valence-electron chi connectivity index (χ2n) is 3.87. The van der Waals surface area contributed by atoms with Crippen LogP contribution in [0.2, 0.25) is 12.1 Å². The highest BCUT2D eigenvalue weighted by Gasteiger charge is 2.41. The Morgan fingerprint density at radius 2 is 1.85 bits per heavy atom. The molecule has 0 spiro atoms. The van der Waals surface area contributed by atoms with Gasteiger partial charge in [-0.25, -0.2) is 5.01 Å². The molecule has 0 saturated carbocycles. The average molecular weight is 314 g/mol. The fraction of sp³-hybridized carbons (Fsp3) is 1.00. The molecule has 78 valence electrons. The molecule has 1 heterocycles. The zero-order valence-electron chi connectivity index (χ0n) is 8.60. The summed E-state index contributed by atoms with van der Waals surface area (Å²) in [4.78, 5) is 0. The summed E-state index contributed by atoms with van der Waals surface area (Å²) >= 11 is 2.37. The summed E-state index contributed by atoms with van der Waals surface area (Å²) in [7, 11) is 4.90. The van der Waals surface area contributed by atoms with Gasteiger partial charge in [0.25, 0.3) is 0 Å². The van der Waals surface area contributed by atoms with E-state index in [0.29, 0.717) is 0 Å². The first-order valence-electron chi connectivity index (χ1n) is 4.58. The summed E-state index contributed by atoms with van der Waals surface area (Å²) < 4.78 is 1.03. The van der Waals surface area contributed by atoms with E-state index in [2.05, 4.69) is 63.9 Å². The second-order valence-corrected chi connectivity index (χ2v) is 8.16. The molecule has 1 aliphatic rings. The molecule has 0 amide bonds.